The molecule has 0 bridgehead atoms. The van der Waals surface area contributed by atoms with Crippen molar-refractivity contribution >= 4 is 29.7 Å². The molecule has 2 aliphatic rings. The second-order valence-electron chi connectivity index (χ2n) is 16.5. The molecule has 3 N–H and O–H groups in total. The topological polar surface area (TPSA) is 174 Å². The van der Waals surface area contributed by atoms with Crippen molar-refractivity contribution in [1.82, 2.24) is 40.1 Å². The molecule has 3 amide bonds. The number of carbonyl (C=O) groups excluding carboxylic acids is 3. The minimum Gasteiger partial charge on any atom is -0.480 e. The number of carbonyl (C=O) groups is 3. The summed E-state index contributed by atoms with van der Waals surface area (Å²) in [6.45, 7) is 16.4. The number of aromatic nitrogens is 5. The summed E-state index contributed by atoms with van der Waals surface area (Å²) in [7, 11) is 3.34. The Bertz CT molecular complexity index is 2100. The van der Waals surface area contributed by atoms with E-state index < -0.39 is 34.4 Å². The highest BCUT2D eigenvalue weighted by molar-refractivity contribution is 5.94. The number of hydrogen-bond donors (Lipinski definition) is 3. The fourth-order valence-electron chi connectivity index (χ4n) is 6.77. The number of fused-ring (bicyclic) bond motifs is 2. The zero-order chi connectivity index (χ0) is 39.8. The molecule has 1 aliphatic heterocycles. The highest BCUT2D eigenvalue weighted by atomic mass is 16.5. The molecule has 0 saturated carbocycles. The van der Waals surface area contributed by atoms with Gasteiger partial charge in [-0.15, -0.1) is 10.2 Å². The van der Waals surface area contributed by atoms with Gasteiger partial charge in [-0.1, -0.05) is 58.9 Å². The molecule has 0 unspecified atom stereocenters. The van der Waals surface area contributed by atoms with Gasteiger partial charge >= 0.3 is 6.03 Å². The van der Waals surface area contributed by atoms with E-state index >= 15 is 0 Å². The lowest BCUT2D eigenvalue weighted by Crippen LogP contribution is -2.63. The number of methoxy groups -OCH3 is 2. The Morgan fingerprint density at radius 2 is 1.75 bits per heavy atom. The number of nitrogens with one attached hydrogen (secondary N) is 3. The third-order valence-electron chi connectivity index (χ3n) is 10.2. The first-order valence-electron chi connectivity index (χ1n) is 18.3. The minimum atomic E-state index is -1.53. The Kier molecular flexibility index (Phi) is 10.8. The Labute approximate surface area is 321 Å². The quantitative estimate of drug-likeness (QED) is 0.130. The summed E-state index contributed by atoms with van der Waals surface area (Å²) < 4.78 is 19.2. The maximum Gasteiger partial charge on any atom is 0.321 e. The summed E-state index contributed by atoms with van der Waals surface area (Å²) in [5, 5.41) is 17.3. The van der Waals surface area contributed by atoms with Gasteiger partial charge in [-0.05, 0) is 43.7 Å². The number of likely N-dealkylation sites (tertiary alicyclic amines) is 1. The van der Waals surface area contributed by atoms with Crippen molar-refractivity contribution in [3.05, 3.63) is 89.3 Å². The monoisotopic (exact) mass is 753 g/mol. The number of ether oxygens (including phenoxy) is 3. The molecular formula is C40H51N9O6. The van der Waals surface area contributed by atoms with Crippen molar-refractivity contribution in [2.45, 2.75) is 82.6 Å². The largest absolute Gasteiger partial charge is 0.480 e. The smallest absolute Gasteiger partial charge is 0.321 e. The second-order valence-corrected chi connectivity index (χ2v) is 16.5. The first-order valence-corrected chi connectivity index (χ1v) is 18.3. The van der Waals surface area contributed by atoms with Crippen molar-refractivity contribution in [2.75, 3.05) is 45.8 Å². The van der Waals surface area contributed by atoms with E-state index in [1.165, 1.54) is 0 Å². The van der Waals surface area contributed by atoms with Crippen LogP contribution in [0.15, 0.2) is 60.8 Å². The summed E-state index contributed by atoms with van der Waals surface area (Å²) >= 11 is 0. The van der Waals surface area contributed by atoms with Crippen LogP contribution in [0.1, 0.15) is 87.8 Å². The summed E-state index contributed by atoms with van der Waals surface area (Å²) in [5.74, 6) is 0.842. The number of benzene rings is 1. The van der Waals surface area contributed by atoms with E-state index in [1.54, 1.807) is 44.6 Å². The van der Waals surface area contributed by atoms with Crippen molar-refractivity contribution in [2.24, 2.45) is 0 Å². The van der Waals surface area contributed by atoms with Gasteiger partial charge in [0.15, 0.2) is 11.9 Å². The number of amides is 3. The van der Waals surface area contributed by atoms with Crippen LogP contribution in [0, 0.1) is 0 Å². The van der Waals surface area contributed by atoms with Crippen LogP contribution in [0.5, 0.6) is 5.75 Å². The molecule has 6 rings (SSSR count). The van der Waals surface area contributed by atoms with Crippen LogP contribution < -0.4 is 20.7 Å². The summed E-state index contributed by atoms with van der Waals surface area (Å²) in [6, 6.07) is 11.8. The number of aldehydes is 1. The maximum absolute atomic E-state index is 13.7. The van der Waals surface area contributed by atoms with Crippen molar-refractivity contribution in [3.63, 3.8) is 0 Å². The van der Waals surface area contributed by atoms with E-state index in [1.807, 2.05) is 69.5 Å². The lowest BCUT2D eigenvalue weighted by Gasteiger charge is -2.48. The zero-order valence-electron chi connectivity index (χ0n) is 33.0. The van der Waals surface area contributed by atoms with E-state index in [-0.39, 0.29) is 23.3 Å². The van der Waals surface area contributed by atoms with E-state index in [4.69, 9.17) is 14.2 Å². The fraction of sp³-hybridized carbons (Fsp3) is 0.475. The second kappa shape index (κ2) is 15.1. The third-order valence-corrected chi connectivity index (χ3v) is 10.2. The van der Waals surface area contributed by atoms with Gasteiger partial charge in [0.2, 0.25) is 5.82 Å². The van der Waals surface area contributed by atoms with Crippen molar-refractivity contribution < 1.29 is 28.6 Å². The molecule has 1 fully saturated rings. The van der Waals surface area contributed by atoms with Gasteiger partial charge in [-0.3, -0.25) is 24.2 Å². The molecule has 1 saturated heterocycles. The number of nitrogens with zero attached hydrogens (tertiary/aromatic N) is 6. The van der Waals surface area contributed by atoms with Gasteiger partial charge in [0, 0.05) is 61.9 Å². The molecule has 15 nitrogen and oxygen atoms in total. The highest BCUT2D eigenvalue weighted by Crippen LogP contribution is 2.37. The highest BCUT2D eigenvalue weighted by Gasteiger charge is 2.40. The van der Waals surface area contributed by atoms with Crippen LogP contribution in [0.25, 0.3) is 5.65 Å². The average molecular weight is 754 g/mol. The molecular weight excluding hydrogens is 702 g/mol. The predicted octanol–water partition coefficient (Wildman–Crippen LogP) is 4.49. The van der Waals surface area contributed by atoms with Crippen LogP contribution in [-0.2, 0) is 30.6 Å². The van der Waals surface area contributed by atoms with Crippen LogP contribution in [0.4, 0.5) is 10.6 Å². The molecule has 4 aromatic rings. The normalized spacial score (nSPS) is 19.0. The first-order chi connectivity index (χ1) is 26.0. The van der Waals surface area contributed by atoms with Gasteiger partial charge in [0.1, 0.15) is 29.0 Å². The van der Waals surface area contributed by atoms with E-state index in [9.17, 15) is 14.4 Å². The van der Waals surface area contributed by atoms with E-state index in [0.29, 0.717) is 47.7 Å². The maximum atomic E-state index is 13.7. The molecule has 4 heterocycles. The molecule has 15 heteroatoms. The molecule has 3 aromatic heterocycles. The number of urea groups is 1. The summed E-state index contributed by atoms with van der Waals surface area (Å²) in [6.07, 6.45) is 5.47. The SMILES string of the molecule is COCC(C)(C)c1nnc2ccc(O[C@@H]3C=C[C@](C=O)(NC(=O)Nc4cc(C(C)(C)C)nc(C(=O)NCC(C)(C)N5CC(OC)C5)n4)c4ccccc43)cn12. The van der Waals surface area contributed by atoms with E-state index in [0.717, 1.165) is 18.9 Å². The van der Waals surface area contributed by atoms with Crippen LogP contribution in [-0.4, -0.2) is 99.8 Å². The molecule has 0 radical (unpaired) electrons. The molecule has 2 atom stereocenters. The Morgan fingerprint density at radius 3 is 2.44 bits per heavy atom. The van der Waals surface area contributed by atoms with Gasteiger partial charge in [0.25, 0.3) is 5.91 Å². The fourth-order valence-corrected chi connectivity index (χ4v) is 6.77. The lowest BCUT2D eigenvalue weighted by atomic mass is 9.81. The van der Waals surface area contributed by atoms with Gasteiger partial charge in [-0.25, -0.2) is 14.8 Å². The first kappa shape index (κ1) is 39.4. The Hall–Kier alpha value is -5.25. The third kappa shape index (κ3) is 8.23. The predicted molar refractivity (Wildman–Crippen MR) is 206 cm³/mol. The van der Waals surface area contributed by atoms with Crippen molar-refractivity contribution in [3.8, 4) is 5.75 Å². The van der Waals surface area contributed by atoms with Gasteiger partial charge in [0.05, 0.1) is 24.6 Å². The number of rotatable bonds is 13. The molecule has 0 spiro atoms. The standard InChI is InChI=1S/C40H51N9O6/c1-37(2,3)30-18-31(43-33(42-30)34(51)41-22-39(6,7)48-19-26(20-48)54-9)44-36(52)45-40(23-50)17-16-29(27-12-10-11-13-28(27)40)55-25-14-15-32-46-47-35(49(32)21-25)38(4,5)24-53-8/h10-18,21,23,26,29H,19-20,22,24H2,1-9H3,(H,41,51)(H2,42,43,44,45,52)/t29-,40-/m1/s1. The molecule has 1 aromatic carbocycles. The summed E-state index contributed by atoms with van der Waals surface area (Å²) in [5.41, 5.74) is -0.272. The number of pyridine rings is 1. The molecule has 1 aliphatic carbocycles. The summed E-state index contributed by atoms with van der Waals surface area (Å²) in [4.78, 5) is 51.3. The zero-order valence-corrected chi connectivity index (χ0v) is 33.0. The Balaban J connectivity index is 1.20. The van der Waals surface area contributed by atoms with Crippen LogP contribution in [0.3, 0.4) is 0 Å². The average Bonchev–Trinajstić information content (AvgIpc) is 3.55. The van der Waals surface area contributed by atoms with Crippen molar-refractivity contribution in [1.29, 1.82) is 0 Å². The van der Waals surface area contributed by atoms with Gasteiger partial charge in [-0.2, -0.15) is 0 Å². The van der Waals surface area contributed by atoms with Crippen LogP contribution >= 0.6 is 0 Å². The van der Waals surface area contributed by atoms with E-state index in [2.05, 4.69) is 54.9 Å². The Morgan fingerprint density at radius 1 is 1.00 bits per heavy atom. The molecule has 55 heavy (non-hydrogen) atoms. The van der Waals surface area contributed by atoms with Crippen LogP contribution in [0.2, 0.25) is 0 Å². The number of hydrogen-bond acceptors (Lipinski definition) is 11. The van der Waals surface area contributed by atoms with Gasteiger partial charge < -0.3 is 24.8 Å². The number of anilines is 1. The lowest BCUT2D eigenvalue weighted by molar-refractivity contribution is -0.111. The minimum absolute atomic E-state index is 0.0797. The molecule has 292 valence electrons.